The lowest BCUT2D eigenvalue weighted by Gasteiger charge is -1.81. The molecule has 0 heterocycles. The summed E-state index contributed by atoms with van der Waals surface area (Å²) in [6.07, 6.45) is 0.319. The Kier molecular flexibility index (Phi) is 2.20. The van der Waals surface area contributed by atoms with E-state index in [1.165, 1.54) is 0 Å². The van der Waals surface area contributed by atoms with E-state index in [1.54, 1.807) is 0 Å². The molecule has 2 nitrogen and oxygen atoms in total. The van der Waals surface area contributed by atoms with Gasteiger partial charge in [0.05, 0.1) is 0 Å². The van der Waals surface area contributed by atoms with Crippen LogP contribution in [0.3, 0.4) is 0 Å². The van der Waals surface area contributed by atoms with Gasteiger partial charge < -0.3 is 10.2 Å². The molecule has 0 aromatic rings. The zero-order valence-electron chi connectivity index (χ0n) is 3.06. The molecule has 6 heavy (non-hydrogen) atoms. The Morgan fingerprint density at radius 3 is 2.33 bits per heavy atom. The maximum atomic E-state index is 10.9. The van der Waals surface area contributed by atoms with E-state index in [2.05, 4.69) is 0 Å². The monoisotopic (exact) mass is 92.0 g/mol. The molecule has 0 radical (unpaired) electrons. The average molecular weight is 92.1 g/mol. The summed E-state index contributed by atoms with van der Waals surface area (Å²) in [6, 6.07) is 0. The largest absolute Gasteiger partial charge is 0.512 e. The highest BCUT2D eigenvalue weighted by molar-refractivity contribution is 4.81. The Labute approximate surface area is 34.5 Å². The molecule has 0 fully saturated rings. The number of allylic oxidation sites excluding steroid dienone is 1. The summed E-state index contributed by atoms with van der Waals surface area (Å²) in [6.45, 7) is -1.00. The Balaban J connectivity index is 3.22. The molecular formula is C3H5FO2. The first-order chi connectivity index (χ1) is 2.81. The van der Waals surface area contributed by atoms with Crippen molar-refractivity contribution in [3.05, 3.63) is 12.0 Å². The van der Waals surface area contributed by atoms with E-state index in [1.807, 2.05) is 0 Å². The van der Waals surface area contributed by atoms with Crippen LogP contribution in [0.1, 0.15) is 0 Å². The molecule has 0 unspecified atom stereocenters. The van der Waals surface area contributed by atoms with E-state index < -0.39 is 12.4 Å². The van der Waals surface area contributed by atoms with Gasteiger partial charge in [-0.25, -0.2) is 4.39 Å². The van der Waals surface area contributed by atoms with Crippen LogP contribution in [0, 0.1) is 0 Å². The van der Waals surface area contributed by atoms with Crippen molar-refractivity contribution in [3.8, 4) is 0 Å². The van der Waals surface area contributed by atoms with Gasteiger partial charge in [-0.2, -0.15) is 0 Å². The van der Waals surface area contributed by atoms with E-state index in [-0.39, 0.29) is 0 Å². The molecule has 0 aliphatic rings. The second-order valence-electron chi connectivity index (χ2n) is 0.754. The summed E-state index contributed by atoms with van der Waals surface area (Å²) in [7, 11) is 0. The first-order valence-corrected chi connectivity index (χ1v) is 1.39. The van der Waals surface area contributed by atoms with Crippen molar-refractivity contribution < 1.29 is 14.6 Å². The minimum Gasteiger partial charge on any atom is -0.512 e. The van der Waals surface area contributed by atoms with Gasteiger partial charge in [0.2, 0.25) is 0 Å². The van der Waals surface area contributed by atoms with Crippen LogP contribution in [0.4, 0.5) is 4.39 Å². The second-order valence-corrected chi connectivity index (χ2v) is 0.754. The van der Waals surface area contributed by atoms with Crippen LogP contribution in [0.5, 0.6) is 0 Å². The van der Waals surface area contributed by atoms with Crippen LogP contribution >= 0.6 is 0 Å². The first kappa shape index (κ1) is 5.27. The molecule has 36 valence electrons. The van der Waals surface area contributed by atoms with Gasteiger partial charge in [0.1, 0.15) is 12.9 Å². The predicted octanol–water partition coefficient (Wildman–Crippen LogP) is 0.913. The minimum atomic E-state index is -1.00. The molecule has 3 heteroatoms. The molecule has 0 rings (SSSR count). The fourth-order valence-electron chi connectivity index (χ4n) is 0.0345. The molecule has 0 atom stereocenters. The highest BCUT2D eigenvalue weighted by Crippen LogP contribution is 1.82. The minimum absolute atomic E-state index is 0.319. The summed E-state index contributed by atoms with van der Waals surface area (Å²) >= 11 is 0. The Morgan fingerprint density at radius 1 is 1.83 bits per heavy atom. The van der Waals surface area contributed by atoms with Crippen molar-refractivity contribution in [2.45, 2.75) is 0 Å². The molecule has 0 aliphatic heterocycles. The van der Waals surface area contributed by atoms with Gasteiger partial charge in [-0.3, -0.25) is 0 Å². The summed E-state index contributed by atoms with van der Waals surface area (Å²) < 4.78 is 10.9. The van der Waals surface area contributed by atoms with Crippen LogP contribution < -0.4 is 0 Å². The normalized spacial score (nSPS) is 11.8. The third-order valence-electron chi connectivity index (χ3n) is 0.286. The van der Waals surface area contributed by atoms with E-state index in [0.717, 1.165) is 0 Å². The zero-order chi connectivity index (χ0) is 4.99. The summed E-state index contributed by atoms with van der Waals surface area (Å²) in [4.78, 5) is 0. The van der Waals surface area contributed by atoms with Gasteiger partial charge >= 0.3 is 0 Å². The lowest BCUT2D eigenvalue weighted by Crippen LogP contribution is -1.79. The molecule has 0 bridgehead atoms. The molecule has 0 saturated heterocycles. The van der Waals surface area contributed by atoms with E-state index in [4.69, 9.17) is 10.2 Å². The third-order valence-corrected chi connectivity index (χ3v) is 0.286. The highest BCUT2D eigenvalue weighted by Gasteiger charge is 1.82. The van der Waals surface area contributed by atoms with Crippen molar-refractivity contribution in [2.24, 2.45) is 0 Å². The molecule has 0 aromatic heterocycles. The quantitative estimate of drug-likeness (QED) is 0.472. The number of aliphatic hydroxyl groups is 2. The van der Waals surface area contributed by atoms with Gasteiger partial charge in [-0.05, 0) is 0 Å². The number of rotatable bonds is 1. The molecule has 0 aromatic carbocycles. The fraction of sp³-hybridized carbons (Fsp3) is 0.333. The smallest absolute Gasteiger partial charge is 0.157 e. The van der Waals surface area contributed by atoms with E-state index >= 15 is 0 Å². The number of halogens is 1. The van der Waals surface area contributed by atoms with E-state index in [9.17, 15) is 4.39 Å². The molecule has 0 spiro atoms. The SMILES string of the molecule is OC=C(O)CF. The Bertz CT molecular complexity index is 59.8. The van der Waals surface area contributed by atoms with Gasteiger partial charge in [-0.15, -0.1) is 0 Å². The molecule has 0 amide bonds. The van der Waals surface area contributed by atoms with Crippen molar-refractivity contribution in [2.75, 3.05) is 6.67 Å². The van der Waals surface area contributed by atoms with Gasteiger partial charge in [0.25, 0.3) is 0 Å². The molecule has 0 aliphatic carbocycles. The van der Waals surface area contributed by atoms with Gasteiger partial charge in [0.15, 0.2) is 5.76 Å². The second kappa shape index (κ2) is 2.50. The number of hydrogen-bond acceptors (Lipinski definition) is 2. The van der Waals surface area contributed by atoms with Crippen molar-refractivity contribution in [3.63, 3.8) is 0 Å². The molecular weight excluding hydrogens is 87.0 g/mol. The van der Waals surface area contributed by atoms with Crippen LogP contribution in [0.25, 0.3) is 0 Å². The maximum Gasteiger partial charge on any atom is 0.157 e. The predicted molar refractivity (Wildman–Crippen MR) is 19.3 cm³/mol. The number of hydrogen-bond donors (Lipinski definition) is 2. The van der Waals surface area contributed by atoms with Crippen LogP contribution in [0.2, 0.25) is 0 Å². The Hall–Kier alpha value is -0.730. The first-order valence-electron chi connectivity index (χ1n) is 1.39. The lowest BCUT2D eigenvalue weighted by atomic mass is 10.6. The van der Waals surface area contributed by atoms with Crippen LogP contribution in [-0.2, 0) is 0 Å². The zero-order valence-corrected chi connectivity index (χ0v) is 3.06. The van der Waals surface area contributed by atoms with Gasteiger partial charge in [0, 0.05) is 0 Å². The average Bonchev–Trinajstić information content (AvgIpc) is 1.65. The number of alkyl halides is 1. The summed E-state index contributed by atoms with van der Waals surface area (Å²) in [5.41, 5.74) is 0. The fourth-order valence-corrected chi connectivity index (χ4v) is 0.0345. The van der Waals surface area contributed by atoms with E-state index in [0.29, 0.717) is 6.26 Å². The lowest BCUT2D eigenvalue weighted by molar-refractivity contribution is 0.312. The summed E-state index contributed by atoms with van der Waals surface area (Å²) in [5.74, 6) is -0.644. The van der Waals surface area contributed by atoms with Gasteiger partial charge in [-0.1, -0.05) is 0 Å². The summed E-state index contributed by atoms with van der Waals surface area (Å²) in [5, 5.41) is 15.6. The van der Waals surface area contributed by atoms with Crippen LogP contribution in [0.15, 0.2) is 12.0 Å². The van der Waals surface area contributed by atoms with Crippen molar-refractivity contribution >= 4 is 0 Å². The standard InChI is InChI=1S/C3H5FO2/c4-1-3(6)2-5/h2,5-6H,1H2. The van der Waals surface area contributed by atoms with Crippen molar-refractivity contribution in [1.29, 1.82) is 0 Å². The molecule has 0 saturated carbocycles. The van der Waals surface area contributed by atoms with Crippen LogP contribution in [-0.4, -0.2) is 16.9 Å². The maximum absolute atomic E-state index is 10.9. The Morgan fingerprint density at radius 2 is 2.33 bits per heavy atom. The highest BCUT2D eigenvalue weighted by atomic mass is 19.1. The van der Waals surface area contributed by atoms with Crippen molar-refractivity contribution in [1.82, 2.24) is 0 Å². The molecule has 2 N–H and O–H groups in total. The third kappa shape index (κ3) is 1.58. The topological polar surface area (TPSA) is 40.5 Å². The number of aliphatic hydroxyl groups excluding tert-OH is 2.